The number of benzene rings is 2. The van der Waals surface area contributed by atoms with Crippen LogP contribution in [0.15, 0.2) is 36.4 Å². The molecule has 0 aliphatic heterocycles. The Hall–Kier alpha value is -2.49. The number of phenols is 1. The van der Waals surface area contributed by atoms with Crippen molar-refractivity contribution in [2.45, 2.75) is 70.4 Å². The van der Waals surface area contributed by atoms with Gasteiger partial charge in [0, 0.05) is 18.3 Å². The van der Waals surface area contributed by atoms with Gasteiger partial charge in [-0.3, -0.25) is 0 Å². The highest BCUT2D eigenvalue weighted by atomic mass is 16.6. The van der Waals surface area contributed by atoms with Crippen molar-refractivity contribution in [2.24, 2.45) is 0 Å². The molecule has 2 aliphatic carbocycles. The molecule has 0 aromatic heterocycles. The minimum absolute atomic E-state index is 0.0651. The SMILES string of the molecule is CC(C)(C)OC(=O)c1ccc(NCc2cc(C3CC3)cc(C3CC3)c2)cc1O. The van der Waals surface area contributed by atoms with Crippen LogP contribution in [0.1, 0.15) is 85.3 Å². The molecule has 2 aromatic rings. The molecule has 0 radical (unpaired) electrons. The number of nitrogens with one attached hydrogen (secondary N) is 1. The smallest absolute Gasteiger partial charge is 0.342 e. The molecule has 2 N–H and O–H groups in total. The Morgan fingerprint density at radius 3 is 2.14 bits per heavy atom. The fourth-order valence-corrected chi connectivity index (χ4v) is 3.50. The Balaban J connectivity index is 1.45. The van der Waals surface area contributed by atoms with Gasteiger partial charge in [-0.1, -0.05) is 18.2 Å². The van der Waals surface area contributed by atoms with Gasteiger partial charge in [-0.05, 0) is 87.1 Å². The van der Waals surface area contributed by atoms with Crippen molar-refractivity contribution in [3.63, 3.8) is 0 Å². The van der Waals surface area contributed by atoms with E-state index in [1.807, 2.05) is 26.8 Å². The molecular formula is C24H29NO3. The zero-order valence-corrected chi connectivity index (χ0v) is 16.9. The number of ether oxygens (including phenoxy) is 1. The van der Waals surface area contributed by atoms with Gasteiger partial charge in [0.1, 0.15) is 16.9 Å². The molecule has 0 saturated heterocycles. The molecular weight excluding hydrogens is 350 g/mol. The van der Waals surface area contributed by atoms with Crippen LogP contribution in [-0.4, -0.2) is 16.7 Å². The molecule has 0 heterocycles. The molecule has 0 spiro atoms. The lowest BCUT2D eigenvalue weighted by molar-refractivity contribution is 0.00669. The summed E-state index contributed by atoms with van der Waals surface area (Å²) in [5.41, 5.74) is 4.62. The summed E-state index contributed by atoms with van der Waals surface area (Å²) in [7, 11) is 0. The van der Waals surface area contributed by atoms with E-state index < -0.39 is 11.6 Å². The van der Waals surface area contributed by atoms with Gasteiger partial charge in [0.05, 0.1) is 0 Å². The first-order chi connectivity index (χ1) is 13.3. The Morgan fingerprint density at radius 1 is 1.04 bits per heavy atom. The standard InChI is InChI=1S/C24H29NO3/c1-24(2,3)28-23(27)21-9-8-20(13-22(21)26)25-14-15-10-18(16-4-5-16)12-19(11-15)17-6-7-17/h8-13,16-17,25-26H,4-7,14H2,1-3H3. The third-order valence-corrected chi connectivity index (χ3v) is 5.25. The van der Waals surface area contributed by atoms with Crippen LogP contribution in [0.25, 0.3) is 0 Å². The van der Waals surface area contributed by atoms with Crippen molar-refractivity contribution >= 4 is 11.7 Å². The lowest BCUT2D eigenvalue weighted by atomic mass is 10.00. The van der Waals surface area contributed by atoms with Gasteiger partial charge in [-0.15, -0.1) is 0 Å². The van der Waals surface area contributed by atoms with Crippen molar-refractivity contribution in [3.8, 4) is 5.75 Å². The highest BCUT2D eigenvalue weighted by molar-refractivity contribution is 5.93. The number of carbonyl (C=O) groups excluding carboxylic acids is 1. The molecule has 2 aliphatic rings. The maximum absolute atomic E-state index is 12.2. The first kappa shape index (κ1) is 18.9. The van der Waals surface area contributed by atoms with Gasteiger partial charge in [0.25, 0.3) is 0 Å². The van der Waals surface area contributed by atoms with Crippen molar-refractivity contribution in [2.75, 3.05) is 5.32 Å². The second kappa shape index (κ2) is 7.16. The van der Waals surface area contributed by atoms with Gasteiger partial charge in [0.15, 0.2) is 0 Å². The molecule has 4 rings (SSSR count). The minimum atomic E-state index is -0.591. The number of aromatic hydroxyl groups is 1. The van der Waals surface area contributed by atoms with Crippen molar-refractivity contribution in [1.29, 1.82) is 0 Å². The number of hydrogen-bond donors (Lipinski definition) is 2. The highest BCUT2D eigenvalue weighted by Gasteiger charge is 2.28. The summed E-state index contributed by atoms with van der Waals surface area (Å²) in [5.74, 6) is 0.914. The van der Waals surface area contributed by atoms with Crippen LogP contribution in [0.4, 0.5) is 5.69 Å². The molecule has 4 heteroatoms. The van der Waals surface area contributed by atoms with Crippen LogP contribution in [0.2, 0.25) is 0 Å². The van der Waals surface area contributed by atoms with Gasteiger partial charge in [-0.2, -0.15) is 0 Å². The highest BCUT2D eigenvalue weighted by Crippen LogP contribution is 2.45. The topological polar surface area (TPSA) is 58.6 Å². The summed E-state index contributed by atoms with van der Waals surface area (Å²) in [6.45, 7) is 6.13. The number of anilines is 1. The predicted octanol–water partition coefficient (Wildman–Crippen LogP) is 5.71. The van der Waals surface area contributed by atoms with E-state index in [-0.39, 0.29) is 11.3 Å². The first-order valence-corrected chi connectivity index (χ1v) is 10.2. The van der Waals surface area contributed by atoms with E-state index in [9.17, 15) is 9.90 Å². The number of rotatable bonds is 6. The Morgan fingerprint density at radius 2 is 1.64 bits per heavy atom. The third-order valence-electron chi connectivity index (χ3n) is 5.25. The predicted molar refractivity (Wildman–Crippen MR) is 111 cm³/mol. The van der Waals surface area contributed by atoms with Crippen LogP contribution >= 0.6 is 0 Å². The van der Waals surface area contributed by atoms with Gasteiger partial charge >= 0.3 is 5.97 Å². The zero-order chi connectivity index (χ0) is 19.9. The summed E-state index contributed by atoms with van der Waals surface area (Å²) >= 11 is 0. The summed E-state index contributed by atoms with van der Waals surface area (Å²) < 4.78 is 5.34. The molecule has 28 heavy (non-hydrogen) atoms. The number of carbonyl (C=O) groups is 1. The average Bonchev–Trinajstić information content (AvgIpc) is 3.50. The normalized spacial score (nSPS) is 16.7. The molecule has 0 bridgehead atoms. The van der Waals surface area contributed by atoms with Crippen molar-refractivity contribution < 1.29 is 14.6 Å². The maximum atomic E-state index is 12.2. The maximum Gasteiger partial charge on any atom is 0.342 e. The molecule has 2 saturated carbocycles. The van der Waals surface area contributed by atoms with E-state index in [2.05, 4.69) is 23.5 Å². The van der Waals surface area contributed by atoms with Crippen LogP contribution in [0, 0.1) is 0 Å². The van der Waals surface area contributed by atoms with E-state index in [4.69, 9.17) is 4.74 Å². The molecule has 4 nitrogen and oxygen atoms in total. The monoisotopic (exact) mass is 379 g/mol. The van der Waals surface area contributed by atoms with E-state index in [0.717, 1.165) is 17.5 Å². The fourth-order valence-electron chi connectivity index (χ4n) is 3.50. The number of hydrogen-bond acceptors (Lipinski definition) is 4. The first-order valence-electron chi connectivity index (χ1n) is 10.2. The largest absolute Gasteiger partial charge is 0.507 e. The third kappa shape index (κ3) is 4.67. The van der Waals surface area contributed by atoms with Crippen molar-refractivity contribution in [3.05, 3.63) is 58.7 Å². The number of esters is 1. The van der Waals surface area contributed by atoms with Crippen LogP contribution in [0.5, 0.6) is 5.75 Å². The molecule has 0 amide bonds. The molecule has 0 unspecified atom stereocenters. The molecule has 2 aromatic carbocycles. The Kier molecular flexibility index (Phi) is 4.82. The van der Waals surface area contributed by atoms with Gasteiger partial charge in [0.2, 0.25) is 0 Å². The number of phenolic OH excluding ortho intramolecular Hbond substituents is 1. The van der Waals surface area contributed by atoms with Gasteiger partial charge < -0.3 is 15.2 Å². The van der Waals surface area contributed by atoms with E-state index in [1.165, 1.54) is 42.4 Å². The second-order valence-corrected chi connectivity index (χ2v) is 9.14. The molecule has 2 fully saturated rings. The van der Waals surface area contributed by atoms with E-state index >= 15 is 0 Å². The molecule has 0 atom stereocenters. The second-order valence-electron chi connectivity index (χ2n) is 9.14. The Labute approximate surface area is 166 Å². The van der Waals surface area contributed by atoms with Crippen LogP contribution < -0.4 is 5.32 Å². The molecule has 148 valence electrons. The summed E-state index contributed by atoms with van der Waals surface area (Å²) in [6, 6.07) is 12.0. The van der Waals surface area contributed by atoms with E-state index in [1.54, 1.807) is 12.1 Å². The minimum Gasteiger partial charge on any atom is -0.507 e. The lowest BCUT2D eigenvalue weighted by Gasteiger charge is -2.20. The van der Waals surface area contributed by atoms with Crippen LogP contribution in [0.3, 0.4) is 0 Å². The Bertz CT molecular complexity index is 859. The van der Waals surface area contributed by atoms with Crippen molar-refractivity contribution in [1.82, 2.24) is 0 Å². The van der Waals surface area contributed by atoms with Crippen LogP contribution in [-0.2, 0) is 11.3 Å². The summed E-state index contributed by atoms with van der Waals surface area (Å²) in [5, 5.41) is 13.6. The van der Waals surface area contributed by atoms with Gasteiger partial charge in [-0.25, -0.2) is 4.79 Å². The summed E-state index contributed by atoms with van der Waals surface area (Å²) in [4.78, 5) is 12.2. The lowest BCUT2D eigenvalue weighted by Crippen LogP contribution is -2.23. The average molecular weight is 380 g/mol. The zero-order valence-electron chi connectivity index (χ0n) is 16.9. The quantitative estimate of drug-likeness (QED) is 0.631. The summed E-state index contributed by atoms with van der Waals surface area (Å²) in [6.07, 6.45) is 5.23. The van der Waals surface area contributed by atoms with E-state index in [0.29, 0.717) is 6.54 Å². The fraction of sp³-hybridized carbons (Fsp3) is 0.458.